The molecule has 3 heteroatoms. The van der Waals surface area contributed by atoms with Crippen LogP contribution in [0.4, 0.5) is 0 Å². The molecular weight excluding hydrogens is 154 g/mol. The first-order chi connectivity index (χ1) is 5.74. The monoisotopic (exact) mass is 173 g/mol. The summed E-state index contributed by atoms with van der Waals surface area (Å²) in [5.74, 6) is 0. The Morgan fingerprint density at radius 2 is 2.25 bits per heavy atom. The molecule has 0 aliphatic rings. The van der Waals surface area contributed by atoms with Gasteiger partial charge in [-0.25, -0.2) is 0 Å². The summed E-state index contributed by atoms with van der Waals surface area (Å²) in [5.41, 5.74) is 0. The Morgan fingerprint density at radius 1 is 1.58 bits per heavy atom. The second-order valence-corrected chi connectivity index (χ2v) is 3.14. The number of carbonyl (C=O) groups is 1. The van der Waals surface area contributed by atoms with Crippen molar-refractivity contribution in [1.29, 1.82) is 0 Å². The fourth-order valence-corrected chi connectivity index (χ4v) is 1.09. The second kappa shape index (κ2) is 7.25. The lowest BCUT2D eigenvalue weighted by molar-refractivity contribution is -0.110. The highest BCUT2D eigenvalue weighted by Gasteiger charge is 2.08. The van der Waals surface area contributed by atoms with Crippen molar-refractivity contribution in [2.45, 2.75) is 45.2 Å². The van der Waals surface area contributed by atoms with Gasteiger partial charge in [0.15, 0.2) is 0 Å². The van der Waals surface area contributed by atoms with Gasteiger partial charge in [0.05, 0.1) is 12.6 Å². The summed E-state index contributed by atoms with van der Waals surface area (Å²) in [7, 11) is 0. The highest BCUT2D eigenvalue weighted by molar-refractivity contribution is 5.57. The minimum Gasteiger partial charge on any atom is -0.394 e. The average molecular weight is 173 g/mol. The minimum atomic E-state index is -0.392. The Morgan fingerprint density at radius 3 is 2.67 bits per heavy atom. The van der Waals surface area contributed by atoms with E-state index in [0.29, 0.717) is 6.04 Å². The van der Waals surface area contributed by atoms with Crippen molar-refractivity contribution in [3.05, 3.63) is 0 Å². The van der Waals surface area contributed by atoms with Gasteiger partial charge in [0, 0.05) is 6.04 Å². The van der Waals surface area contributed by atoms with Crippen molar-refractivity contribution >= 4 is 6.29 Å². The Hall–Kier alpha value is -0.410. The third kappa shape index (κ3) is 5.27. The number of aldehydes is 1. The minimum absolute atomic E-state index is 0.111. The van der Waals surface area contributed by atoms with E-state index in [1.54, 1.807) is 0 Å². The first kappa shape index (κ1) is 11.6. The quantitative estimate of drug-likeness (QED) is 0.558. The summed E-state index contributed by atoms with van der Waals surface area (Å²) in [6.45, 7) is 4.05. The Balaban J connectivity index is 3.51. The molecule has 0 aromatic heterocycles. The van der Waals surface area contributed by atoms with Gasteiger partial charge in [-0.1, -0.05) is 19.8 Å². The van der Waals surface area contributed by atoms with E-state index in [-0.39, 0.29) is 6.61 Å². The molecule has 0 aliphatic heterocycles. The van der Waals surface area contributed by atoms with Crippen LogP contribution in [0.3, 0.4) is 0 Å². The molecule has 0 radical (unpaired) electrons. The van der Waals surface area contributed by atoms with E-state index in [0.717, 1.165) is 25.5 Å². The molecule has 12 heavy (non-hydrogen) atoms. The van der Waals surface area contributed by atoms with Gasteiger partial charge < -0.3 is 15.2 Å². The normalized spacial score (nSPS) is 15.6. The van der Waals surface area contributed by atoms with Crippen molar-refractivity contribution in [2.75, 3.05) is 6.61 Å². The SMILES string of the molecule is CCCC[C@@H](C)N[C@H](C=O)CO. The number of carbonyl (C=O) groups excluding carboxylic acids is 1. The molecule has 3 nitrogen and oxygen atoms in total. The van der Waals surface area contributed by atoms with Crippen molar-refractivity contribution in [2.24, 2.45) is 0 Å². The molecule has 0 aromatic carbocycles. The van der Waals surface area contributed by atoms with E-state index in [9.17, 15) is 4.79 Å². The van der Waals surface area contributed by atoms with Crippen LogP contribution in [-0.4, -0.2) is 30.1 Å². The van der Waals surface area contributed by atoms with Crippen LogP contribution in [0.15, 0.2) is 0 Å². The summed E-state index contributed by atoms with van der Waals surface area (Å²) in [5, 5.41) is 11.7. The van der Waals surface area contributed by atoms with E-state index in [2.05, 4.69) is 12.2 Å². The molecule has 2 N–H and O–H groups in total. The summed E-state index contributed by atoms with van der Waals surface area (Å²) in [6.07, 6.45) is 4.13. The molecule has 0 aromatic rings. The molecule has 0 amide bonds. The summed E-state index contributed by atoms with van der Waals surface area (Å²) >= 11 is 0. The van der Waals surface area contributed by atoms with Crippen LogP contribution >= 0.6 is 0 Å². The zero-order chi connectivity index (χ0) is 9.40. The highest BCUT2D eigenvalue weighted by atomic mass is 16.3. The maximum atomic E-state index is 10.3. The van der Waals surface area contributed by atoms with Gasteiger partial charge in [-0.3, -0.25) is 0 Å². The first-order valence-electron chi connectivity index (χ1n) is 4.56. The van der Waals surface area contributed by atoms with E-state index < -0.39 is 6.04 Å². The maximum Gasteiger partial charge on any atom is 0.139 e. The lowest BCUT2D eigenvalue weighted by atomic mass is 10.1. The zero-order valence-electron chi connectivity index (χ0n) is 7.92. The zero-order valence-corrected chi connectivity index (χ0v) is 7.92. The van der Waals surface area contributed by atoms with Gasteiger partial charge >= 0.3 is 0 Å². The molecule has 0 heterocycles. The molecule has 2 atom stereocenters. The van der Waals surface area contributed by atoms with Crippen LogP contribution in [0.2, 0.25) is 0 Å². The largest absolute Gasteiger partial charge is 0.394 e. The topological polar surface area (TPSA) is 49.3 Å². The summed E-state index contributed by atoms with van der Waals surface area (Å²) in [4.78, 5) is 10.3. The Labute approximate surface area is 74.2 Å². The van der Waals surface area contributed by atoms with Crippen molar-refractivity contribution in [3.63, 3.8) is 0 Å². The Bertz CT molecular complexity index is 117. The number of hydrogen-bond acceptors (Lipinski definition) is 3. The van der Waals surface area contributed by atoms with Gasteiger partial charge in [-0.05, 0) is 13.3 Å². The van der Waals surface area contributed by atoms with Gasteiger partial charge in [-0.2, -0.15) is 0 Å². The summed E-state index contributed by atoms with van der Waals surface area (Å²) < 4.78 is 0. The third-order valence-corrected chi connectivity index (χ3v) is 1.85. The van der Waals surface area contributed by atoms with Crippen LogP contribution in [0.5, 0.6) is 0 Å². The van der Waals surface area contributed by atoms with Gasteiger partial charge in [0.25, 0.3) is 0 Å². The number of rotatable bonds is 7. The molecule has 72 valence electrons. The summed E-state index contributed by atoms with van der Waals surface area (Å²) in [6, 6.07) is -0.0795. The Kier molecular flexibility index (Phi) is 7.00. The fourth-order valence-electron chi connectivity index (χ4n) is 1.09. The third-order valence-electron chi connectivity index (χ3n) is 1.85. The van der Waals surface area contributed by atoms with Gasteiger partial charge in [-0.15, -0.1) is 0 Å². The van der Waals surface area contributed by atoms with Crippen molar-refractivity contribution in [3.8, 4) is 0 Å². The number of aliphatic hydroxyl groups excluding tert-OH is 1. The maximum absolute atomic E-state index is 10.3. The van der Waals surface area contributed by atoms with E-state index in [1.165, 1.54) is 0 Å². The van der Waals surface area contributed by atoms with Gasteiger partial charge in [0.1, 0.15) is 6.29 Å². The molecule has 0 bridgehead atoms. The first-order valence-corrected chi connectivity index (χ1v) is 4.56. The molecule has 0 spiro atoms. The molecular formula is C9H19NO2. The second-order valence-electron chi connectivity index (χ2n) is 3.14. The van der Waals surface area contributed by atoms with Crippen LogP contribution in [0, 0.1) is 0 Å². The number of nitrogens with one attached hydrogen (secondary N) is 1. The van der Waals surface area contributed by atoms with Crippen LogP contribution < -0.4 is 5.32 Å². The van der Waals surface area contributed by atoms with Crippen LogP contribution in [-0.2, 0) is 4.79 Å². The highest BCUT2D eigenvalue weighted by Crippen LogP contribution is 1.99. The molecule has 0 fully saturated rings. The van der Waals surface area contributed by atoms with E-state index >= 15 is 0 Å². The number of hydrogen-bond donors (Lipinski definition) is 2. The molecule has 0 unspecified atom stereocenters. The number of aliphatic hydroxyl groups is 1. The predicted octanol–water partition coefficient (Wildman–Crippen LogP) is 0.714. The van der Waals surface area contributed by atoms with Crippen molar-refractivity contribution in [1.82, 2.24) is 5.32 Å². The molecule has 0 saturated carbocycles. The van der Waals surface area contributed by atoms with E-state index in [4.69, 9.17) is 5.11 Å². The molecule has 0 aliphatic carbocycles. The lowest BCUT2D eigenvalue weighted by Gasteiger charge is -2.16. The van der Waals surface area contributed by atoms with Crippen LogP contribution in [0.25, 0.3) is 0 Å². The molecule has 0 rings (SSSR count). The smallest absolute Gasteiger partial charge is 0.139 e. The van der Waals surface area contributed by atoms with Crippen LogP contribution in [0.1, 0.15) is 33.1 Å². The van der Waals surface area contributed by atoms with Gasteiger partial charge in [0.2, 0.25) is 0 Å². The molecule has 0 saturated heterocycles. The number of unbranched alkanes of at least 4 members (excludes halogenated alkanes) is 1. The fraction of sp³-hybridized carbons (Fsp3) is 0.889. The van der Waals surface area contributed by atoms with Crippen molar-refractivity contribution < 1.29 is 9.90 Å². The standard InChI is InChI=1S/C9H19NO2/c1-3-4-5-8(2)10-9(6-11)7-12/h6,8-10,12H,3-5,7H2,1-2H3/t8-,9-/m1/s1. The van der Waals surface area contributed by atoms with E-state index in [1.807, 2.05) is 6.92 Å². The average Bonchev–Trinajstić information content (AvgIpc) is 2.10. The predicted molar refractivity (Wildman–Crippen MR) is 49.1 cm³/mol. The lowest BCUT2D eigenvalue weighted by Crippen LogP contribution is -2.40.